The van der Waals surface area contributed by atoms with Gasteiger partial charge in [0.05, 0.1) is 22.6 Å². The van der Waals surface area contributed by atoms with Crippen molar-refractivity contribution in [3.05, 3.63) is 72.3 Å². The minimum atomic E-state index is -3.45. The number of sulfone groups is 1. The molecule has 2 rings (SSSR count). The fourth-order valence-corrected chi connectivity index (χ4v) is 3.31. The summed E-state index contributed by atoms with van der Waals surface area (Å²) in [5.74, 6) is -0.882. The molecule has 0 heterocycles. The van der Waals surface area contributed by atoms with Crippen molar-refractivity contribution in [3.63, 3.8) is 0 Å². The lowest BCUT2D eigenvalue weighted by atomic mass is 10.1. The van der Waals surface area contributed by atoms with E-state index in [4.69, 9.17) is 5.26 Å². The normalized spacial score (nSPS) is 12.9. The molecule has 0 N–H and O–H groups in total. The minimum absolute atomic E-state index is 0.211. The number of benzene rings is 2. The molecule has 1 unspecified atom stereocenters. The van der Waals surface area contributed by atoms with Crippen molar-refractivity contribution < 1.29 is 8.42 Å². The molecule has 0 amide bonds. The van der Waals surface area contributed by atoms with Gasteiger partial charge in [-0.05, 0) is 17.7 Å². The summed E-state index contributed by atoms with van der Waals surface area (Å²) in [5.41, 5.74) is 0.940. The molecule has 0 fully saturated rings. The molecule has 0 spiro atoms. The quantitative estimate of drug-likeness (QED) is 0.850. The van der Waals surface area contributed by atoms with Crippen LogP contribution in [0.4, 0.5) is 0 Å². The van der Waals surface area contributed by atoms with E-state index in [-0.39, 0.29) is 10.6 Å². The van der Waals surface area contributed by atoms with Crippen LogP contribution in [-0.4, -0.2) is 14.2 Å². The minimum Gasteiger partial charge on any atom is -0.224 e. The van der Waals surface area contributed by atoms with Gasteiger partial charge in [-0.15, -0.1) is 0 Å². The molecule has 2 aromatic rings. The zero-order valence-corrected chi connectivity index (χ0v) is 12.2. The number of hydrogen-bond donors (Lipinski definition) is 0. The Labute approximate surface area is 125 Å². The van der Waals surface area contributed by atoms with Crippen LogP contribution >= 0.6 is 0 Å². The molecule has 4 heteroatoms. The second kappa shape index (κ2) is 6.87. The fraction of sp³-hybridized carbons (Fsp3) is 0.118. The highest BCUT2D eigenvalue weighted by molar-refractivity contribution is 7.91. The molecule has 0 bridgehead atoms. The van der Waals surface area contributed by atoms with Crippen LogP contribution < -0.4 is 0 Å². The van der Waals surface area contributed by atoms with Crippen LogP contribution in [-0.2, 0) is 9.84 Å². The molecule has 0 saturated heterocycles. The van der Waals surface area contributed by atoms with E-state index >= 15 is 0 Å². The summed E-state index contributed by atoms with van der Waals surface area (Å²) in [4.78, 5) is 0.248. The first-order valence-electron chi connectivity index (χ1n) is 6.52. The summed E-state index contributed by atoms with van der Waals surface area (Å²) < 4.78 is 24.5. The van der Waals surface area contributed by atoms with Gasteiger partial charge in [-0.25, -0.2) is 8.42 Å². The van der Waals surface area contributed by atoms with E-state index in [0.29, 0.717) is 0 Å². The standard InChI is InChI=1S/C17H15NO2S/c18-13-16(12-11-15-7-3-1-4-8-15)14-21(19,20)17-9-5-2-6-10-17/h1-12,16H,14H2. The summed E-state index contributed by atoms with van der Waals surface area (Å²) in [6, 6.07) is 19.7. The lowest BCUT2D eigenvalue weighted by Crippen LogP contribution is -2.13. The first-order chi connectivity index (χ1) is 10.1. The van der Waals surface area contributed by atoms with Crippen molar-refractivity contribution in [2.45, 2.75) is 4.90 Å². The summed E-state index contributed by atoms with van der Waals surface area (Å²) in [7, 11) is -3.45. The topological polar surface area (TPSA) is 57.9 Å². The number of allylic oxidation sites excluding steroid dienone is 1. The van der Waals surface area contributed by atoms with E-state index < -0.39 is 15.8 Å². The van der Waals surface area contributed by atoms with Crippen LogP contribution in [0.2, 0.25) is 0 Å². The maximum Gasteiger partial charge on any atom is 0.179 e. The number of nitriles is 1. The van der Waals surface area contributed by atoms with Gasteiger partial charge in [0.1, 0.15) is 0 Å². The lowest BCUT2D eigenvalue weighted by molar-refractivity contribution is 0.592. The molecule has 1 atom stereocenters. The van der Waals surface area contributed by atoms with Crippen LogP contribution in [0.15, 0.2) is 71.6 Å². The Bertz CT molecular complexity index is 744. The van der Waals surface area contributed by atoms with Crippen LogP contribution in [0.5, 0.6) is 0 Å². The molecule has 0 aromatic heterocycles. The van der Waals surface area contributed by atoms with Crippen molar-refractivity contribution in [2.75, 3.05) is 5.75 Å². The van der Waals surface area contributed by atoms with E-state index in [2.05, 4.69) is 0 Å². The molecule has 0 aliphatic carbocycles. The Kier molecular flexibility index (Phi) is 4.91. The zero-order chi connectivity index (χ0) is 15.1. The number of nitrogens with zero attached hydrogens (tertiary/aromatic N) is 1. The van der Waals surface area contributed by atoms with E-state index in [0.717, 1.165) is 5.56 Å². The Morgan fingerprint density at radius 3 is 2.14 bits per heavy atom. The largest absolute Gasteiger partial charge is 0.224 e. The molecule has 0 aliphatic heterocycles. The monoisotopic (exact) mass is 297 g/mol. The van der Waals surface area contributed by atoms with Gasteiger partial charge in [0, 0.05) is 0 Å². The summed E-state index contributed by atoms with van der Waals surface area (Å²) in [6.45, 7) is 0. The predicted octanol–water partition coefficient (Wildman–Crippen LogP) is 3.31. The smallest absolute Gasteiger partial charge is 0.179 e. The van der Waals surface area contributed by atoms with E-state index in [1.807, 2.05) is 36.4 Å². The van der Waals surface area contributed by atoms with Crippen LogP contribution in [0.1, 0.15) is 5.56 Å². The third kappa shape index (κ3) is 4.30. The van der Waals surface area contributed by atoms with Crippen LogP contribution in [0.3, 0.4) is 0 Å². The summed E-state index contributed by atoms with van der Waals surface area (Å²) in [5, 5.41) is 9.15. The van der Waals surface area contributed by atoms with Gasteiger partial charge < -0.3 is 0 Å². The molecule has 21 heavy (non-hydrogen) atoms. The average molecular weight is 297 g/mol. The van der Waals surface area contributed by atoms with Gasteiger partial charge in [0.2, 0.25) is 0 Å². The maximum atomic E-state index is 12.2. The average Bonchev–Trinajstić information content (AvgIpc) is 2.53. The molecule has 0 aliphatic rings. The van der Waals surface area contributed by atoms with Crippen molar-refractivity contribution >= 4 is 15.9 Å². The SMILES string of the molecule is N#CC(C=Cc1ccccc1)CS(=O)(=O)c1ccccc1. The maximum absolute atomic E-state index is 12.2. The van der Waals surface area contributed by atoms with E-state index in [1.54, 1.807) is 42.5 Å². The van der Waals surface area contributed by atoms with E-state index in [1.165, 1.54) is 0 Å². The van der Waals surface area contributed by atoms with Crippen LogP contribution in [0, 0.1) is 17.2 Å². The van der Waals surface area contributed by atoms with Crippen LogP contribution in [0.25, 0.3) is 6.08 Å². The first-order valence-corrected chi connectivity index (χ1v) is 8.18. The van der Waals surface area contributed by atoms with Gasteiger partial charge in [-0.3, -0.25) is 0 Å². The molecular weight excluding hydrogens is 282 g/mol. The van der Waals surface area contributed by atoms with Crippen molar-refractivity contribution in [1.29, 1.82) is 5.26 Å². The molecule has 0 radical (unpaired) electrons. The molecular formula is C17H15NO2S. The van der Waals surface area contributed by atoms with Gasteiger partial charge >= 0.3 is 0 Å². The predicted molar refractivity (Wildman–Crippen MR) is 83.1 cm³/mol. The van der Waals surface area contributed by atoms with E-state index in [9.17, 15) is 8.42 Å². The van der Waals surface area contributed by atoms with Crippen molar-refractivity contribution in [2.24, 2.45) is 5.92 Å². The highest BCUT2D eigenvalue weighted by atomic mass is 32.2. The Morgan fingerprint density at radius 2 is 1.57 bits per heavy atom. The first kappa shape index (κ1) is 15.0. The molecule has 106 valence electrons. The number of rotatable bonds is 5. The second-order valence-corrected chi connectivity index (χ2v) is 6.63. The third-order valence-electron chi connectivity index (χ3n) is 2.99. The Balaban J connectivity index is 2.13. The van der Waals surface area contributed by atoms with Gasteiger partial charge in [0.15, 0.2) is 9.84 Å². The van der Waals surface area contributed by atoms with Gasteiger partial charge in [0.25, 0.3) is 0 Å². The Hall–Kier alpha value is -2.38. The Morgan fingerprint density at radius 1 is 1.00 bits per heavy atom. The lowest BCUT2D eigenvalue weighted by Gasteiger charge is -2.06. The second-order valence-electron chi connectivity index (χ2n) is 4.60. The molecule has 0 saturated carbocycles. The zero-order valence-electron chi connectivity index (χ0n) is 11.4. The third-order valence-corrected chi connectivity index (χ3v) is 4.78. The van der Waals surface area contributed by atoms with Crippen molar-refractivity contribution in [1.82, 2.24) is 0 Å². The fourth-order valence-electron chi connectivity index (χ4n) is 1.89. The van der Waals surface area contributed by atoms with Gasteiger partial charge in [-0.1, -0.05) is 60.7 Å². The van der Waals surface area contributed by atoms with Gasteiger partial charge in [-0.2, -0.15) is 5.26 Å². The highest BCUT2D eigenvalue weighted by Crippen LogP contribution is 2.15. The highest BCUT2D eigenvalue weighted by Gasteiger charge is 2.19. The number of hydrogen-bond acceptors (Lipinski definition) is 3. The molecule has 3 nitrogen and oxygen atoms in total. The van der Waals surface area contributed by atoms with Crippen molar-refractivity contribution in [3.8, 4) is 6.07 Å². The summed E-state index contributed by atoms with van der Waals surface area (Å²) in [6.07, 6.45) is 3.41. The molecule has 2 aromatic carbocycles. The summed E-state index contributed by atoms with van der Waals surface area (Å²) >= 11 is 0.